The molecule has 0 atom stereocenters. The van der Waals surface area contributed by atoms with Gasteiger partial charge in [-0.1, -0.05) is 29.8 Å². The summed E-state index contributed by atoms with van der Waals surface area (Å²) >= 11 is 0. The number of nitrogens with zero attached hydrogens (tertiary/aromatic N) is 2. The third-order valence-electron chi connectivity index (χ3n) is 3.20. The molecule has 0 amide bonds. The number of anilines is 1. The van der Waals surface area contributed by atoms with Gasteiger partial charge in [0, 0.05) is 0 Å². The van der Waals surface area contributed by atoms with Crippen LogP contribution in [0.5, 0.6) is 0 Å². The standard InChI is InChI=1S/C15H14FN3/c1-10-2-4-11(5-3-10)9-19-14-8-12(16)6-7-13(14)18-15(19)17/h2-8H,9H2,1H3,(H2,17,18). The molecule has 3 aromatic rings. The summed E-state index contributed by atoms with van der Waals surface area (Å²) in [6.45, 7) is 2.63. The molecule has 0 aliphatic heterocycles. The summed E-state index contributed by atoms with van der Waals surface area (Å²) in [5.41, 5.74) is 9.66. The van der Waals surface area contributed by atoms with Crippen molar-refractivity contribution in [3.8, 4) is 0 Å². The van der Waals surface area contributed by atoms with Gasteiger partial charge in [-0.2, -0.15) is 0 Å². The van der Waals surface area contributed by atoms with Gasteiger partial charge in [-0.25, -0.2) is 9.37 Å². The van der Waals surface area contributed by atoms with E-state index in [-0.39, 0.29) is 5.82 Å². The Kier molecular flexibility index (Phi) is 2.71. The maximum absolute atomic E-state index is 13.3. The summed E-state index contributed by atoms with van der Waals surface area (Å²) in [5, 5.41) is 0. The highest BCUT2D eigenvalue weighted by atomic mass is 19.1. The fourth-order valence-electron chi connectivity index (χ4n) is 2.16. The monoisotopic (exact) mass is 255 g/mol. The molecule has 3 nitrogen and oxygen atoms in total. The number of nitrogen functional groups attached to an aromatic ring is 1. The molecule has 0 saturated carbocycles. The van der Waals surface area contributed by atoms with Crippen LogP contribution in [0.1, 0.15) is 11.1 Å². The second-order valence-corrected chi connectivity index (χ2v) is 4.67. The summed E-state index contributed by atoms with van der Waals surface area (Å²) in [5.74, 6) is 0.124. The Labute approximate surface area is 110 Å². The number of nitrogens with two attached hydrogens (primary N) is 1. The fourth-order valence-corrected chi connectivity index (χ4v) is 2.16. The van der Waals surface area contributed by atoms with Gasteiger partial charge in [0.05, 0.1) is 17.6 Å². The van der Waals surface area contributed by atoms with Crippen molar-refractivity contribution in [3.63, 3.8) is 0 Å². The minimum Gasteiger partial charge on any atom is -0.369 e. The first-order chi connectivity index (χ1) is 9.13. The van der Waals surface area contributed by atoms with Gasteiger partial charge < -0.3 is 10.3 Å². The minimum atomic E-state index is -0.280. The third-order valence-corrected chi connectivity index (χ3v) is 3.20. The maximum Gasteiger partial charge on any atom is 0.201 e. The molecule has 0 aliphatic carbocycles. The average molecular weight is 255 g/mol. The number of hydrogen-bond donors (Lipinski definition) is 1. The molecule has 2 N–H and O–H groups in total. The van der Waals surface area contributed by atoms with E-state index < -0.39 is 0 Å². The number of halogens is 1. The van der Waals surface area contributed by atoms with Crippen LogP contribution in [0.25, 0.3) is 11.0 Å². The molecule has 0 aliphatic rings. The highest BCUT2D eigenvalue weighted by Gasteiger charge is 2.09. The van der Waals surface area contributed by atoms with Crippen molar-refractivity contribution in [1.29, 1.82) is 0 Å². The molecule has 0 radical (unpaired) electrons. The molecular weight excluding hydrogens is 241 g/mol. The minimum absolute atomic E-state index is 0.280. The van der Waals surface area contributed by atoms with Crippen LogP contribution < -0.4 is 5.73 Å². The van der Waals surface area contributed by atoms with Crippen LogP contribution in [0, 0.1) is 12.7 Å². The number of imidazole rings is 1. The molecule has 0 unspecified atom stereocenters. The van der Waals surface area contributed by atoms with Gasteiger partial charge in [0.25, 0.3) is 0 Å². The Bertz CT molecular complexity index is 729. The van der Waals surface area contributed by atoms with E-state index in [9.17, 15) is 4.39 Å². The summed E-state index contributed by atoms with van der Waals surface area (Å²) in [6.07, 6.45) is 0. The molecule has 0 saturated heterocycles. The van der Waals surface area contributed by atoms with Crippen molar-refractivity contribution >= 4 is 17.0 Å². The molecule has 1 heterocycles. The van der Waals surface area contributed by atoms with Gasteiger partial charge in [0.2, 0.25) is 5.95 Å². The van der Waals surface area contributed by atoms with Crippen molar-refractivity contribution in [1.82, 2.24) is 9.55 Å². The van der Waals surface area contributed by atoms with Crippen LogP contribution >= 0.6 is 0 Å². The maximum atomic E-state index is 13.3. The Morgan fingerprint density at radius 2 is 1.89 bits per heavy atom. The molecule has 96 valence electrons. The van der Waals surface area contributed by atoms with Crippen LogP contribution in [-0.4, -0.2) is 9.55 Å². The van der Waals surface area contributed by atoms with Crippen molar-refractivity contribution in [3.05, 3.63) is 59.4 Å². The first kappa shape index (κ1) is 11.7. The van der Waals surface area contributed by atoms with Gasteiger partial charge in [-0.3, -0.25) is 0 Å². The van der Waals surface area contributed by atoms with Gasteiger partial charge in [0.15, 0.2) is 0 Å². The quantitative estimate of drug-likeness (QED) is 0.764. The second-order valence-electron chi connectivity index (χ2n) is 4.67. The smallest absolute Gasteiger partial charge is 0.201 e. The zero-order valence-electron chi connectivity index (χ0n) is 10.6. The summed E-state index contributed by atoms with van der Waals surface area (Å²) in [4.78, 5) is 4.24. The molecule has 0 bridgehead atoms. The van der Waals surface area contributed by atoms with Crippen LogP contribution in [0.4, 0.5) is 10.3 Å². The summed E-state index contributed by atoms with van der Waals surface area (Å²) in [7, 11) is 0. The zero-order chi connectivity index (χ0) is 13.4. The van der Waals surface area contributed by atoms with Gasteiger partial charge >= 0.3 is 0 Å². The van der Waals surface area contributed by atoms with Crippen molar-refractivity contribution in [2.45, 2.75) is 13.5 Å². The molecular formula is C15H14FN3. The Morgan fingerprint density at radius 3 is 2.63 bits per heavy atom. The SMILES string of the molecule is Cc1ccc(Cn2c(N)nc3ccc(F)cc32)cc1. The predicted molar refractivity (Wildman–Crippen MR) is 74.4 cm³/mol. The van der Waals surface area contributed by atoms with E-state index in [0.29, 0.717) is 18.0 Å². The highest BCUT2D eigenvalue weighted by Crippen LogP contribution is 2.20. The largest absolute Gasteiger partial charge is 0.369 e. The Balaban J connectivity index is 2.06. The van der Waals surface area contributed by atoms with E-state index >= 15 is 0 Å². The highest BCUT2D eigenvalue weighted by molar-refractivity contribution is 5.78. The normalized spacial score (nSPS) is 11.1. The lowest BCUT2D eigenvalue weighted by Gasteiger charge is -2.07. The molecule has 0 spiro atoms. The topological polar surface area (TPSA) is 43.8 Å². The Morgan fingerprint density at radius 1 is 1.16 bits per heavy atom. The fraction of sp³-hybridized carbons (Fsp3) is 0.133. The van der Waals surface area contributed by atoms with E-state index in [1.165, 1.54) is 17.7 Å². The number of aryl methyl sites for hydroxylation is 1. The summed E-state index contributed by atoms with van der Waals surface area (Å²) < 4.78 is 15.2. The lowest BCUT2D eigenvalue weighted by molar-refractivity contribution is 0.628. The average Bonchev–Trinajstić information content (AvgIpc) is 2.69. The molecule has 4 heteroatoms. The molecule has 19 heavy (non-hydrogen) atoms. The van der Waals surface area contributed by atoms with Gasteiger partial charge in [-0.05, 0) is 30.7 Å². The number of rotatable bonds is 2. The molecule has 2 aromatic carbocycles. The molecule has 1 aromatic heterocycles. The zero-order valence-corrected chi connectivity index (χ0v) is 10.6. The van der Waals surface area contributed by atoms with Gasteiger partial charge in [-0.15, -0.1) is 0 Å². The predicted octanol–water partition coefficient (Wildman–Crippen LogP) is 3.11. The van der Waals surface area contributed by atoms with Crippen molar-refractivity contribution < 1.29 is 4.39 Å². The van der Waals surface area contributed by atoms with Crippen LogP contribution in [0.2, 0.25) is 0 Å². The second kappa shape index (κ2) is 4.39. The van der Waals surface area contributed by atoms with E-state index in [1.807, 2.05) is 35.8 Å². The van der Waals surface area contributed by atoms with Gasteiger partial charge in [0.1, 0.15) is 5.82 Å². The van der Waals surface area contributed by atoms with Crippen molar-refractivity contribution in [2.24, 2.45) is 0 Å². The number of aromatic nitrogens is 2. The summed E-state index contributed by atoms with van der Waals surface area (Å²) in [6, 6.07) is 12.7. The molecule has 0 fully saturated rings. The van der Waals surface area contributed by atoms with Crippen LogP contribution in [0.3, 0.4) is 0 Å². The first-order valence-electron chi connectivity index (χ1n) is 6.10. The lowest BCUT2D eigenvalue weighted by Crippen LogP contribution is -2.04. The van der Waals surface area contributed by atoms with E-state index in [4.69, 9.17) is 5.73 Å². The van der Waals surface area contributed by atoms with E-state index in [1.54, 1.807) is 6.07 Å². The number of benzene rings is 2. The third kappa shape index (κ3) is 2.17. The number of fused-ring (bicyclic) bond motifs is 1. The Hall–Kier alpha value is -2.36. The lowest BCUT2D eigenvalue weighted by atomic mass is 10.1. The first-order valence-corrected chi connectivity index (χ1v) is 6.10. The molecule has 3 rings (SSSR count). The van der Waals surface area contributed by atoms with Crippen LogP contribution in [0.15, 0.2) is 42.5 Å². The van der Waals surface area contributed by atoms with Crippen LogP contribution in [-0.2, 0) is 6.54 Å². The van der Waals surface area contributed by atoms with E-state index in [0.717, 1.165) is 11.1 Å². The van der Waals surface area contributed by atoms with E-state index in [2.05, 4.69) is 4.98 Å². The number of hydrogen-bond acceptors (Lipinski definition) is 2. The van der Waals surface area contributed by atoms with Crippen molar-refractivity contribution in [2.75, 3.05) is 5.73 Å².